The SMILES string of the molecule is CN1CCc2nc(NC(=O)c3ccc(SC(F)(F)F)cc3)sc2C1. The van der Waals surface area contributed by atoms with E-state index in [-0.39, 0.29) is 22.6 Å². The van der Waals surface area contributed by atoms with Crippen LogP contribution in [0.1, 0.15) is 20.9 Å². The van der Waals surface area contributed by atoms with E-state index in [4.69, 9.17) is 0 Å². The van der Waals surface area contributed by atoms with Crippen LogP contribution in [-0.4, -0.2) is 34.9 Å². The van der Waals surface area contributed by atoms with E-state index < -0.39 is 5.51 Å². The molecule has 9 heteroatoms. The molecule has 1 amide bonds. The quantitative estimate of drug-likeness (QED) is 0.827. The topological polar surface area (TPSA) is 45.2 Å². The molecule has 0 atom stereocenters. The summed E-state index contributed by atoms with van der Waals surface area (Å²) < 4.78 is 36.9. The number of carbonyl (C=O) groups excluding carboxylic acids is 1. The van der Waals surface area contributed by atoms with Crippen molar-refractivity contribution in [2.75, 3.05) is 18.9 Å². The van der Waals surface area contributed by atoms with E-state index in [0.29, 0.717) is 10.7 Å². The van der Waals surface area contributed by atoms with Gasteiger partial charge in [0.15, 0.2) is 5.13 Å². The Morgan fingerprint density at radius 3 is 2.71 bits per heavy atom. The summed E-state index contributed by atoms with van der Waals surface area (Å²) in [6, 6.07) is 5.33. The van der Waals surface area contributed by atoms with Crippen LogP contribution < -0.4 is 5.32 Å². The molecule has 2 aromatic rings. The number of thioether (sulfide) groups is 1. The maximum atomic E-state index is 12.3. The minimum atomic E-state index is -4.34. The first-order valence-electron chi connectivity index (χ1n) is 7.14. The van der Waals surface area contributed by atoms with Gasteiger partial charge in [-0.25, -0.2) is 4.98 Å². The Balaban J connectivity index is 1.67. The van der Waals surface area contributed by atoms with E-state index in [1.807, 2.05) is 7.05 Å². The van der Waals surface area contributed by atoms with Crippen LogP contribution >= 0.6 is 23.1 Å². The average molecular weight is 373 g/mol. The highest BCUT2D eigenvalue weighted by atomic mass is 32.2. The van der Waals surface area contributed by atoms with Crippen molar-refractivity contribution >= 4 is 34.1 Å². The van der Waals surface area contributed by atoms with E-state index in [1.165, 1.54) is 35.6 Å². The lowest BCUT2D eigenvalue weighted by Crippen LogP contribution is -2.25. The summed E-state index contributed by atoms with van der Waals surface area (Å²) in [5, 5.41) is 3.24. The molecule has 1 aromatic heterocycles. The molecule has 3 rings (SSSR count). The maximum Gasteiger partial charge on any atom is 0.446 e. The first-order valence-corrected chi connectivity index (χ1v) is 8.78. The number of likely N-dealkylation sites (N-methyl/N-ethyl adjacent to an activating group) is 1. The predicted molar refractivity (Wildman–Crippen MR) is 88.5 cm³/mol. The number of hydrogen-bond acceptors (Lipinski definition) is 5. The molecule has 24 heavy (non-hydrogen) atoms. The van der Waals surface area contributed by atoms with Gasteiger partial charge in [0.25, 0.3) is 5.91 Å². The monoisotopic (exact) mass is 373 g/mol. The molecule has 0 saturated carbocycles. The molecule has 2 heterocycles. The molecule has 0 unspecified atom stereocenters. The number of benzene rings is 1. The Hall–Kier alpha value is -1.58. The number of anilines is 1. The molecule has 0 spiro atoms. The van der Waals surface area contributed by atoms with Crippen LogP contribution in [0.4, 0.5) is 18.3 Å². The Morgan fingerprint density at radius 1 is 1.33 bits per heavy atom. The van der Waals surface area contributed by atoms with E-state index in [0.717, 1.165) is 30.1 Å². The van der Waals surface area contributed by atoms with Crippen LogP contribution in [0.25, 0.3) is 0 Å². The summed E-state index contributed by atoms with van der Waals surface area (Å²) in [7, 11) is 2.03. The minimum absolute atomic E-state index is 0.0480. The molecule has 0 radical (unpaired) electrons. The number of carbonyl (C=O) groups is 1. The summed E-state index contributed by atoms with van der Waals surface area (Å²) in [4.78, 5) is 20.0. The van der Waals surface area contributed by atoms with Crippen molar-refractivity contribution in [3.05, 3.63) is 40.4 Å². The molecule has 128 valence electrons. The van der Waals surface area contributed by atoms with Crippen LogP contribution in [0, 0.1) is 0 Å². The van der Waals surface area contributed by atoms with Gasteiger partial charge < -0.3 is 4.90 Å². The number of hydrogen-bond donors (Lipinski definition) is 1. The molecular weight excluding hydrogens is 359 g/mol. The van der Waals surface area contributed by atoms with Gasteiger partial charge in [-0.05, 0) is 43.1 Å². The summed E-state index contributed by atoms with van der Waals surface area (Å²) in [6.07, 6.45) is 0.849. The minimum Gasteiger partial charge on any atom is -0.301 e. The predicted octanol–water partition coefficient (Wildman–Crippen LogP) is 4.00. The molecule has 1 N–H and O–H groups in total. The standard InChI is InChI=1S/C15H14F3N3OS2/c1-21-7-6-11-12(8-21)23-14(19-11)20-13(22)9-2-4-10(5-3-9)24-15(16,17)18/h2-5H,6-8H2,1H3,(H,19,20,22). The first kappa shape index (κ1) is 17.2. The molecule has 1 aromatic carbocycles. The zero-order valence-corrected chi connectivity index (χ0v) is 14.3. The third kappa shape index (κ3) is 4.28. The van der Waals surface area contributed by atoms with E-state index in [1.54, 1.807) is 0 Å². The van der Waals surface area contributed by atoms with Crippen LogP contribution in [0.15, 0.2) is 29.2 Å². The van der Waals surface area contributed by atoms with Crippen molar-refractivity contribution in [3.8, 4) is 0 Å². The Kier molecular flexibility index (Phi) is 4.84. The lowest BCUT2D eigenvalue weighted by Gasteiger charge is -2.20. The lowest BCUT2D eigenvalue weighted by atomic mass is 10.2. The van der Waals surface area contributed by atoms with Crippen LogP contribution in [0.5, 0.6) is 0 Å². The van der Waals surface area contributed by atoms with Gasteiger partial charge in [0.2, 0.25) is 0 Å². The molecule has 4 nitrogen and oxygen atoms in total. The number of alkyl halides is 3. The van der Waals surface area contributed by atoms with Crippen molar-refractivity contribution < 1.29 is 18.0 Å². The second-order valence-electron chi connectivity index (χ2n) is 5.40. The number of nitrogens with zero attached hydrogens (tertiary/aromatic N) is 2. The highest BCUT2D eigenvalue weighted by molar-refractivity contribution is 8.00. The van der Waals surface area contributed by atoms with E-state index in [2.05, 4.69) is 15.2 Å². The van der Waals surface area contributed by atoms with Gasteiger partial charge in [-0.15, -0.1) is 11.3 Å². The molecule has 0 saturated heterocycles. The zero-order chi connectivity index (χ0) is 17.3. The van der Waals surface area contributed by atoms with E-state index >= 15 is 0 Å². The van der Waals surface area contributed by atoms with Gasteiger partial charge >= 0.3 is 5.51 Å². The largest absolute Gasteiger partial charge is 0.446 e. The molecular formula is C15H14F3N3OS2. The van der Waals surface area contributed by atoms with E-state index in [9.17, 15) is 18.0 Å². The molecule has 0 bridgehead atoms. The van der Waals surface area contributed by atoms with Crippen molar-refractivity contribution in [1.82, 2.24) is 9.88 Å². The highest BCUT2D eigenvalue weighted by Crippen LogP contribution is 2.36. The van der Waals surface area contributed by atoms with Gasteiger partial charge in [0.1, 0.15) is 0 Å². The van der Waals surface area contributed by atoms with Gasteiger partial charge in [-0.1, -0.05) is 0 Å². The van der Waals surface area contributed by atoms with Crippen molar-refractivity contribution in [3.63, 3.8) is 0 Å². The smallest absolute Gasteiger partial charge is 0.301 e. The number of halogens is 3. The fraction of sp³-hybridized carbons (Fsp3) is 0.333. The Labute approximate surface area is 145 Å². The summed E-state index contributed by atoms with van der Waals surface area (Å²) in [5.74, 6) is -0.377. The van der Waals surface area contributed by atoms with Gasteiger partial charge in [-0.3, -0.25) is 10.1 Å². The fourth-order valence-electron chi connectivity index (χ4n) is 2.35. The number of fused-ring (bicyclic) bond motifs is 1. The number of amides is 1. The maximum absolute atomic E-state index is 12.3. The van der Waals surface area contributed by atoms with Gasteiger partial charge in [0.05, 0.1) is 5.69 Å². The van der Waals surface area contributed by atoms with Crippen LogP contribution in [0.2, 0.25) is 0 Å². The Morgan fingerprint density at radius 2 is 2.04 bits per heavy atom. The highest BCUT2D eigenvalue weighted by Gasteiger charge is 2.29. The fourth-order valence-corrected chi connectivity index (χ4v) is 3.98. The second-order valence-corrected chi connectivity index (χ2v) is 7.63. The third-order valence-electron chi connectivity index (χ3n) is 3.49. The number of thiazole rings is 1. The molecule has 0 aliphatic carbocycles. The van der Waals surface area contributed by atoms with Gasteiger partial charge in [0, 0.05) is 34.8 Å². The number of nitrogens with one attached hydrogen (secondary N) is 1. The van der Waals surface area contributed by atoms with Crippen LogP contribution in [-0.2, 0) is 13.0 Å². The average Bonchev–Trinajstić information content (AvgIpc) is 2.87. The zero-order valence-electron chi connectivity index (χ0n) is 12.7. The summed E-state index contributed by atoms with van der Waals surface area (Å²) >= 11 is 1.23. The van der Waals surface area contributed by atoms with Crippen molar-refractivity contribution in [1.29, 1.82) is 0 Å². The number of aromatic nitrogens is 1. The normalized spacial score (nSPS) is 15.2. The lowest BCUT2D eigenvalue weighted by molar-refractivity contribution is -0.0328. The van der Waals surface area contributed by atoms with Crippen LogP contribution in [0.3, 0.4) is 0 Å². The number of rotatable bonds is 3. The summed E-state index contributed by atoms with van der Waals surface area (Å²) in [6.45, 7) is 1.74. The van der Waals surface area contributed by atoms with Crippen molar-refractivity contribution in [2.45, 2.75) is 23.4 Å². The van der Waals surface area contributed by atoms with Crippen molar-refractivity contribution in [2.24, 2.45) is 0 Å². The second kappa shape index (κ2) is 6.73. The summed E-state index contributed by atoms with van der Waals surface area (Å²) in [5.41, 5.74) is -3.03. The molecule has 1 aliphatic rings. The Bertz CT molecular complexity index is 743. The first-order chi connectivity index (χ1) is 11.3. The molecule has 1 aliphatic heterocycles. The molecule has 0 fully saturated rings. The van der Waals surface area contributed by atoms with Gasteiger partial charge in [-0.2, -0.15) is 13.2 Å². The third-order valence-corrected chi connectivity index (χ3v) is 5.23.